The first kappa shape index (κ1) is 12.3. The van der Waals surface area contributed by atoms with Gasteiger partial charge in [0.05, 0.1) is 12.7 Å². The van der Waals surface area contributed by atoms with Crippen molar-refractivity contribution in [3.8, 4) is 0 Å². The molecule has 0 aromatic rings. The van der Waals surface area contributed by atoms with Crippen LogP contribution in [-0.2, 0) is 4.74 Å². The van der Waals surface area contributed by atoms with Gasteiger partial charge in [-0.1, -0.05) is 6.42 Å². The average Bonchev–Trinajstić information content (AvgIpc) is 2.27. The van der Waals surface area contributed by atoms with Crippen molar-refractivity contribution in [2.45, 2.75) is 44.3 Å². The second kappa shape index (κ2) is 6.63. The molecule has 1 aliphatic rings. The zero-order chi connectivity index (χ0) is 11.1. The summed E-state index contributed by atoms with van der Waals surface area (Å²) in [6.45, 7) is -0.328. The minimum Gasteiger partial charge on any atom is -0.446 e. The molecule has 3 N–H and O–H groups in total. The van der Waals surface area contributed by atoms with Crippen LogP contribution in [0, 0.1) is 0 Å². The smallest absolute Gasteiger partial charge is 0.407 e. The molecule has 0 heterocycles. The maximum absolute atomic E-state index is 11.2. The van der Waals surface area contributed by atoms with Crippen molar-refractivity contribution >= 4 is 6.09 Å². The maximum atomic E-state index is 11.2. The highest BCUT2D eigenvalue weighted by Crippen LogP contribution is 2.20. The standard InChI is InChI=1S/C10H19NO4/c12-7-8(13)6-11-10(14)15-9-4-2-1-3-5-9/h8-9,12-13H,1-7H2,(H,11,14)/t8-/m1/s1. The van der Waals surface area contributed by atoms with Crippen LogP contribution in [0.15, 0.2) is 0 Å². The number of amides is 1. The first-order valence-corrected chi connectivity index (χ1v) is 5.45. The van der Waals surface area contributed by atoms with Gasteiger partial charge in [0.25, 0.3) is 0 Å². The van der Waals surface area contributed by atoms with Crippen LogP contribution in [0.1, 0.15) is 32.1 Å². The van der Waals surface area contributed by atoms with Gasteiger partial charge in [-0.05, 0) is 25.7 Å². The molecule has 1 fully saturated rings. The van der Waals surface area contributed by atoms with E-state index < -0.39 is 12.2 Å². The lowest BCUT2D eigenvalue weighted by atomic mass is 9.98. The highest BCUT2D eigenvalue weighted by atomic mass is 16.6. The topological polar surface area (TPSA) is 78.8 Å². The molecule has 0 saturated heterocycles. The van der Waals surface area contributed by atoms with Crippen molar-refractivity contribution in [2.24, 2.45) is 0 Å². The Bertz CT molecular complexity index is 192. The van der Waals surface area contributed by atoms with E-state index in [-0.39, 0.29) is 19.3 Å². The first-order valence-electron chi connectivity index (χ1n) is 5.45. The van der Waals surface area contributed by atoms with Gasteiger partial charge in [-0.2, -0.15) is 0 Å². The second-order valence-electron chi connectivity index (χ2n) is 3.88. The summed E-state index contributed by atoms with van der Waals surface area (Å²) in [4.78, 5) is 11.2. The molecule has 88 valence electrons. The monoisotopic (exact) mass is 217 g/mol. The summed E-state index contributed by atoms with van der Waals surface area (Å²) < 4.78 is 5.14. The molecule has 1 amide bonds. The van der Waals surface area contributed by atoms with E-state index in [2.05, 4.69) is 5.32 Å². The van der Waals surface area contributed by atoms with E-state index in [9.17, 15) is 4.79 Å². The summed E-state index contributed by atoms with van der Waals surface area (Å²) in [5, 5.41) is 19.9. The van der Waals surface area contributed by atoms with E-state index in [0.717, 1.165) is 25.7 Å². The summed E-state index contributed by atoms with van der Waals surface area (Å²) in [6, 6.07) is 0. The highest BCUT2D eigenvalue weighted by Gasteiger charge is 2.17. The molecule has 0 aromatic carbocycles. The lowest BCUT2D eigenvalue weighted by Crippen LogP contribution is -2.36. The summed E-state index contributed by atoms with van der Waals surface area (Å²) in [5.41, 5.74) is 0. The number of carbonyl (C=O) groups is 1. The number of carbonyl (C=O) groups excluding carboxylic acids is 1. The molecule has 1 aliphatic carbocycles. The van der Waals surface area contributed by atoms with E-state index in [0.29, 0.717) is 0 Å². The van der Waals surface area contributed by atoms with Gasteiger partial charge >= 0.3 is 6.09 Å². The number of hydrogen-bond donors (Lipinski definition) is 3. The summed E-state index contributed by atoms with van der Waals surface area (Å²) >= 11 is 0. The number of hydrogen-bond acceptors (Lipinski definition) is 4. The van der Waals surface area contributed by atoms with E-state index >= 15 is 0 Å². The second-order valence-corrected chi connectivity index (χ2v) is 3.88. The van der Waals surface area contributed by atoms with E-state index in [1.165, 1.54) is 6.42 Å². The minimum absolute atomic E-state index is 0.0185. The predicted molar refractivity (Wildman–Crippen MR) is 54.4 cm³/mol. The van der Waals surface area contributed by atoms with Crippen LogP contribution in [0.5, 0.6) is 0 Å². The van der Waals surface area contributed by atoms with Crippen LogP contribution in [-0.4, -0.2) is 41.7 Å². The molecule has 0 aromatic heterocycles. The molecule has 5 heteroatoms. The quantitative estimate of drug-likeness (QED) is 0.637. The van der Waals surface area contributed by atoms with Crippen LogP contribution >= 0.6 is 0 Å². The Hall–Kier alpha value is -0.810. The number of aliphatic hydroxyl groups excluding tert-OH is 2. The maximum Gasteiger partial charge on any atom is 0.407 e. The normalized spacial score (nSPS) is 19.6. The number of alkyl carbamates (subject to hydrolysis) is 1. The van der Waals surface area contributed by atoms with Gasteiger partial charge in [-0.25, -0.2) is 4.79 Å². The summed E-state index contributed by atoms with van der Waals surface area (Å²) in [6.07, 6.45) is 3.88. The molecular formula is C10H19NO4. The molecule has 5 nitrogen and oxygen atoms in total. The Morgan fingerprint density at radius 3 is 2.67 bits per heavy atom. The van der Waals surface area contributed by atoms with Crippen molar-refractivity contribution in [1.82, 2.24) is 5.32 Å². The Balaban J connectivity index is 2.11. The highest BCUT2D eigenvalue weighted by molar-refractivity contribution is 5.67. The number of aliphatic hydroxyl groups is 2. The predicted octanol–water partition coefficient (Wildman–Crippen LogP) is 0.398. The molecule has 0 spiro atoms. The molecule has 0 bridgehead atoms. The molecule has 1 saturated carbocycles. The van der Waals surface area contributed by atoms with Crippen molar-refractivity contribution < 1.29 is 19.7 Å². The molecule has 0 unspecified atom stereocenters. The largest absolute Gasteiger partial charge is 0.446 e. The Morgan fingerprint density at radius 2 is 2.07 bits per heavy atom. The third-order valence-electron chi connectivity index (χ3n) is 2.52. The fraction of sp³-hybridized carbons (Fsp3) is 0.900. The van der Waals surface area contributed by atoms with Gasteiger partial charge in [0.1, 0.15) is 6.10 Å². The van der Waals surface area contributed by atoms with Crippen molar-refractivity contribution in [2.75, 3.05) is 13.2 Å². The minimum atomic E-state index is -0.913. The third kappa shape index (κ3) is 4.99. The van der Waals surface area contributed by atoms with Gasteiger partial charge in [0.2, 0.25) is 0 Å². The van der Waals surface area contributed by atoms with Gasteiger partial charge in [0, 0.05) is 6.54 Å². The zero-order valence-electron chi connectivity index (χ0n) is 8.82. The van der Waals surface area contributed by atoms with Crippen molar-refractivity contribution in [3.05, 3.63) is 0 Å². The van der Waals surface area contributed by atoms with Crippen molar-refractivity contribution in [3.63, 3.8) is 0 Å². The average molecular weight is 217 g/mol. The van der Waals surface area contributed by atoms with Crippen LogP contribution in [0.3, 0.4) is 0 Å². The molecule has 0 aliphatic heterocycles. The van der Waals surface area contributed by atoms with E-state index in [1.54, 1.807) is 0 Å². The number of nitrogens with one attached hydrogen (secondary N) is 1. The van der Waals surface area contributed by atoms with Gasteiger partial charge < -0.3 is 20.3 Å². The Morgan fingerprint density at radius 1 is 1.40 bits per heavy atom. The van der Waals surface area contributed by atoms with E-state index in [4.69, 9.17) is 14.9 Å². The fourth-order valence-electron chi connectivity index (χ4n) is 1.64. The SMILES string of the molecule is O=C(NC[C@@H](O)CO)OC1CCCCC1. The molecule has 15 heavy (non-hydrogen) atoms. The van der Waals surface area contributed by atoms with Crippen LogP contribution in [0.25, 0.3) is 0 Å². The van der Waals surface area contributed by atoms with Gasteiger partial charge in [-0.3, -0.25) is 0 Å². The van der Waals surface area contributed by atoms with Gasteiger partial charge in [-0.15, -0.1) is 0 Å². The van der Waals surface area contributed by atoms with Crippen LogP contribution in [0.2, 0.25) is 0 Å². The number of ether oxygens (including phenoxy) is 1. The molecular weight excluding hydrogens is 198 g/mol. The van der Waals surface area contributed by atoms with Gasteiger partial charge in [0.15, 0.2) is 0 Å². The molecule has 1 rings (SSSR count). The van der Waals surface area contributed by atoms with Crippen molar-refractivity contribution in [1.29, 1.82) is 0 Å². The van der Waals surface area contributed by atoms with Crippen LogP contribution in [0.4, 0.5) is 4.79 Å². The first-order chi connectivity index (χ1) is 7.22. The van der Waals surface area contributed by atoms with Crippen LogP contribution < -0.4 is 5.32 Å². The summed E-state index contributed by atoms with van der Waals surface area (Å²) in [5.74, 6) is 0. The Labute approximate surface area is 89.4 Å². The van der Waals surface area contributed by atoms with E-state index in [1.807, 2.05) is 0 Å². The third-order valence-corrected chi connectivity index (χ3v) is 2.52. The molecule has 1 atom stereocenters. The lowest BCUT2D eigenvalue weighted by Gasteiger charge is -2.22. The Kier molecular flexibility index (Phi) is 5.42. The fourth-order valence-corrected chi connectivity index (χ4v) is 1.64. The summed E-state index contributed by atoms with van der Waals surface area (Å²) in [7, 11) is 0. The zero-order valence-corrected chi connectivity index (χ0v) is 8.82. The molecule has 0 radical (unpaired) electrons. The lowest BCUT2D eigenvalue weighted by molar-refractivity contribution is 0.0632. The number of rotatable bonds is 4.